The highest BCUT2D eigenvalue weighted by atomic mass is 16.5. The minimum atomic E-state index is -0.916. The maximum absolute atomic E-state index is 13.3. The van der Waals surface area contributed by atoms with Crippen molar-refractivity contribution >= 4 is 17.7 Å². The molecule has 38 heavy (non-hydrogen) atoms. The highest BCUT2D eigenvalue weighted by Crippen LogP contribution is 2.27. The number of ether oxygens (including phenoxy) is 2. The SMILES string of the molecule is Cc1ccccc1NC(=O)N(CCO[C@@H]1CCC[C@H](OCc2cccc(C)c2C(=O)O)C1)C1CCCCC1. The number of para-hydroxylation sites is 1. The van der Waals surface area contributed by atoms with Crippen molar-refractivity contribution in [3.8, 4) is 0 Å². The molecule has 4 rings (SSSR count). The number of carbonyl (C=O) groups excluding carboxylic acids is 1. The van der Waals surface area contributed by atoms with Crippen LogP contribution in [0.2, 0.25) is 0 Å². The lowest BCUT2D eigenvalue weighted by molar-refractivity contribution is -0.0535. The van der Waals surface area contributed by atoms with E-state index in [4.69, 9.17) is 9.47 Å². The number of carbonyl (C=O) groups is 2. The van der Waals surface area contributed by atoms with Crippen molar-refractivity contribution in [1.29, 1.82) is 0 Å². The van der Waals surface area contributed by atoms with Crippen LogP contribution in [0.3, 0.4) is 0 Å². The van der Waals surface area contributed by atoms with Crippen LogP contribution < -0.4 is 5.32 Å². The number of amides is 2. The van der Waals surface area contributed by atoms with Gasteiger partial charge in [-0.05, 0) is 75.1 Å². The van der Waals surface area contributed by atoms with Crippen molar-refractivity contribution in [2.75, 3.05) is 18.5 Å². The molecule has 2 aromatic carbocycles. The fourth-order valence-electron chi connectivity index (χ4n) is 5.83. The fourth-order valence-corrected chi connectivity index (χ4v) is 5.83. The van der Waals surface area contributed by atoms with Crippen LogP contribution in [0.25, 0.3) is 0 Å². The van der Waals surface area contributed by atoms with E-state index in [1.54, 1.807) is 0 Å². The van der Waals surface area contributed by atoms with Crippen molar-refractivity contribution in [3.05, 3.63) is 64.7 Å². The van der Waals surface area contributed by atoms with Crippen molar-refractivity contribution in [2.24, 2.45) is 0 Å². The predicted molar refractivity (Wildman–Crippen MR) is 149 cm³/mol. The van der Waals surface area contributed by atoms with Crippen molar-refractivity contribution in [2.45, 2.75) is 96.5 Å². The molecule has 7 nitrogen and oxygen atoms in total. The summed E-state index contributed by atoms with van der Waals surface area (Å²) in [5.41, 5.74) is 3.70. The van der Waals surface area contributed by atoms with E-state index in [1.807, 2.05) is 61.2 Å². The van der Waals surface area contributed by atoms with Gasteiger partial charge in [0.05, 0.1) is 31.0 Å². The van der Waals surface area contributed by atoms with Crippen LogP contribution in [0.5, 0.6) is 0 Å². The Balaban J connectivity index is 1.30. The van der Waals surface area contributed by atoms with Gasteiger partial charge >= 0.3 is 12.0 Å². The number of aryl methyl sites for hydroxylation is 2. The molecule has 2 fully saturated rings. The second-order valence-electron chi connectivity index (χ2n) is 10.7. The van der Waals surface area contributed by atoms with Gasteiger partial charge in [0.15, 0.2) is 0 Å². The van der Waals surface area contributed by atoms with Crippen molar-refractivity contribution in [3.63, 3.8) is 0 Å². The van der Waals surface area contributed by atoms with Crippen LogP contribution in [0.4, 0.5) is 10.5 Å². The van der Waals surface area contributed by atoms with E-state index in [0.29, 0.717) is 24.3 Å². The molecule has 2 N–H and O–H groups in total. The van der Waals surface area contributed by atoms with Gasteiger partial charge in [0, 0.05) is 18.3 Å². The van der Waals surface area contributed by atoms with Crippen LogP contribution >= 0.6 is 0 Å². The van der Waals surface area contributed by atoms with E-state index >= 15 is 0 Å². The number of aromatic carboxylic acids is 1. The van der Waals surface area contributed by atoms with Gasteiger partial charge < -0.3 is 24.8 Å². The summed E-state index contributed by atoms with van der Waals surface area (Å²) in [5.74, 6) is -0.916. The van der Waals surface area contributed by atoms with Gasteiger partial charge in [0.2, 0.25) is 0 Å². The maximum Gasteiger partial charge on any atom is 0.336 e. The number of nitrogens with zero attached hydrogens (tertiary/aromatic N) is 1. The van der Waals surface area contributed by atoms with Gasteiger partial charge in [-0.3, -0.25) is 0 Å². The smallest absolute Gasteiger partial charge is 0.336 e. The third-order valence-electron chi connectivity index (χ3n) is 7.97. The zero-order valence-corrected chi connectivity index (χ0v) is 22.8. The Labute approximate surface area is 226 Å². The van der Waals surface area contributed by atoms with Crippen molar-refractivity contribution < 1.29 is 24.2 Å². The Kier molecular flexibility index (Phi) is 10.2. The summed E-state index contributed by atoms with van der Waals surface area (Å²) in [6, 6.07) is 13.6. The highest BCUT2D eigenvalue weighted by molar-refractivity contribution is 5.91. The Morgan fingerprint density at radius 3 is 2.34 bits per heavy atom. The number of nitrogens with one attached hydrogen (secondary N) is 1. The van der Waals surface area contributed by atoms with Gasteiger partial charge in [-0.1, -0.05) is 55.7 Å². The fraction of sp³-hybridized carbons (Fsp3) is 0.548. The molecule has 2 aromatic rings. The Morgan fingerprint density at radius 2 is 1.61 bits per heavy atom. The van der Waals surface area contributed by atoms with E-state index in [9.17, 15) is 14.7 Å². The summed E-state index contributed by atoms with van der Waals surface area (Å²) in [7, 11) is 0. The Morgan fingerprint density at radius 1 is 0.895 bits per heavy atom. The summed E-state index contributed by atoms with van der Waals surface area (Å²) < 4.78 is 12.5. The lowest BCUT2D eigenvalue weighted by atomic mass is 9.94. The molecule has 0 bridgehead atoms. The van der Waals surface area contributed by atoms with E-state index in [2.05, 4.69) is 5.32 Å². The molecule has 0 aliphatic heterocycles. The first-order chi connectivity index (χ1) is 18.4. The molecule has 7 heteroatoms. The third-order valence-corrected chi connectivity index (χ3v) is 7.97. The van der Waals surface area contributed by atoms with Gasteiger partial charge in [-0.2, -0.15) is 0 Å². The standard InChI is InChI=1S/C31H42N2O5/c1-22-10-6-7-17-28(22)32-31(36)33(25-13-4-3-5-14-25)18-19-37-26-15-9-16-27(20-26)38-21-24-12-8-11-23(2)29(24)30(34)35/h6-8,10-12,17,25-27H,3-5,9,13-16,18-21H2,1-2H3,(H,32,36)(H,34,35)/t26-,27+/m1/s1. The van der Waals surface area contributed by atoms with Gasteiger partial charge in [-0.25, -0.2) is 9.59 Å². The third kappa shape index (κ3) is 7.58. The number of urea groups is 1. The predicted octanol–water partition coefficient (Wildman–Crippen LogP) is 6.71. The molecule has 0 spiro atoms. The quantitative estimate of drug-likeness (QED) is 0.362. The molecule has 2 aliphatic carbocycles. The number of hydrogen-bond acceptors (Lipinski definition) is 4. The Hall–Kier alpha value is -2.90. The number of hydrogen-bond donors (Lipinski definition) is 2. The number of carboxylic acid groups (broad SMARTS) is 1. The van der Waals surface area contributed by atoms with Gasteiger partial charge in [-0.15, -0.1) is 0 Å². The van der Waals surface area contributed by atoms with E-state index < -0.39 is 5.97 Å². The summed E-state index contributed by atoms with van der Waals surface area (Å²) >= 11 is 0. The molecule has 2 aliphatic rings. The molecule has 206 valence electrons. The molecular weight excluding hydrogens is 480 g/mol. The lowest BCUT2D eigenvalue weighted by Crippen LogP contribution is -2.46. The molecule has 2 saturated carbocycles. The van der Waals surface area contributed by atoms with E-state index in [1.165, 1.54) is 6.42 Å². The summed E-state index contributed by atoms with van der Waals surface area (Å²) in [5, 5.41) is 12.7. The minimum Gasteiger partial charge on any atom is -0.478 e. The van der Waals surface area contributed by atoms with Crippen LogP contribution in [0.15, 0.2) is 42.5 Å². The maximum atomic E-state index is 13.3. The first kappa shape index (κ1) is 28.1. The van der Waals surface area contributed by atoms with Crippen LogP contribution in [-0.2, 0) is 16.1 Å². The molecule has 0 aromatic heterocycles. The van der Waals surface area contributed by atoms with Gasteiger partial charge in [0.25, 0.3) is 0 Å². The molecule has 0 unspecified atom stereocenters. The lowest BCUT2D eigenvalue weighted by Gasteiger charge is -2.35. The summed E-state index contributed by atoms with van der Waals surface area (Å²) in [6.07, 6.45) is 9.47. The van der Waals surface area contributed by atoms with E-state index in [0.717, 1.165) is 68.2 Å². The number of rotatable bonds is 10. The molecular formula is C31H42N2O5. The largest absolute Gasteiger partial charge is 0.478 e. The molecule has 0 radical (unpaired) electrons. The number of anilines is 1. The molecule has 2 atom stereocenters. The number of benzene rings is 2. The second-order valence-corrected chi connectivity index (χ2v) is 10.7. The summed E-state index contributed by atoms with van der Waals surface area (Å²) in [4.78, 5) is 27.0. The topological polar surface area (TPSA) is 88.1 Å². The van der Waals surface area contributed by atoms with Crippen LogP contribution in [0, 0.1) is 13.8 Å². The Bertz CT molecular complexity index is 1080. The number of carboxylic acids is 1. The zero-order valence-electron chi connectivity index (χ0n) is 22.8. The van der Waals surface area contributed by atoms with Crippen LogP contribution in [-0.4, -0.2) is 53.4 Å². The van der Waals surface area contributed by atoms with Crippen LogP contribution in [0.1, 0.15) is 84.8 Å². The average Bonchev–Trinajstić information content (AvgIpc) is 2.91. The first-order valence-corrected chi connectivity index (χ1v) is 14.1. The monoisotopic (exact) mass is 522 g/mol. The summed E-state index contributed by atoms with van der Waals surface area (Å²) in [6.45, 7) is 5.17. The minimum absolute atomic E-state index is 0.0368. The van der Waals surface area contributed by atoms with Crippen molar-refractivity contribution in [1.82, 2.24) is 4.90 Å². The first-order valence-electron chi connectivity index (χ1n) is 14.1. The molecule has 2 amide bonds. The normalized spacial score (nSPS) is 20.2. The highest BCUT2D eigenvalue weighted by Gasteiger charge is 2.28. The average molecular weight is 523 g/mol. The second kappa shape index (κ2) is 13.8. The zero-order chi connectivity index (χ0) is 26.9. The van der Waals surface area contributed by atoms with E-state index in [-0.39, 0.29) is 30.9 Å². The molecule has 0 heterocycles. The molecule has 0 saturated heterocycles. The van der Waals surface area contributed by atoms with Gasteiger partial charge in [0.1, 0.15) is 0 Å².